The van der Waals surface area contributed by atoms with Gasteiger partial charge in [-0.15, -0.1) is 0 Å². The van der Waals surface area contributed by atoms with E-state index in [0.717, 1.165) is 16.1 Å². The number of esters is 2. The summed E-state index contributed by atoms with van der Waals surface area (Å²) in [4.78, 5) is 36.7. The van der Waals surface area contributed by atoms with E-state index in [-0.39, 0.29) is 16.8 Å². The lowest BCUT2D eigenvalue weighted by Gasteiger charge is -2.28. The first-order chi connectivity index (χ1) is 14.5. The van der Waals surface area contributed by atoms with Crippen molar-refractivity contribution in [2.45, 2.75) is 19.9 Å². The van der Waals surface area contributed by atoms with Crippen LogP contribution in [0.25, 0.3) is 0 Å². The average Bonchev–Trinajstić information content (AvgIpc) is 2.72. The molecule has 0 radical (unpaired) electrons. The molecule has 1 amide bonds. The van der Waals surface area contributed by atoms with Gasteiger partial charge >= 0.3 is 11.9 Å². The van der Waals surface area contributed by atoms with Gasteiger partial charge in [-0.1, -0.05) is 17.7 Å². The third-order valence-electron chi connectivity index (χ3n) is 4.42. The molecule has 2 aromatic carbocycles. The normalized spacial score (nSPS) is 11.9. The summed E-state index contributed by atoms with van der Waals surface area (Å²) in [6.07, 6.45) is 1.00. The topological polar surface area (TPSA) is 119 Å². The number of rotatable bonds is 7. The van der Waals surface area contributed by atoms with Crippen LogP contribution in [0.1, 0.15) is 33.2 Å². The maximum Gasteiger partial charge on any atom is 0.337 e. The number of hydrogen-bond donors (Lipinski definition) is 1. The summed E-state index contributed by atoms with van der Waals surface area (Å²) < 4.78 is 35.1. The molecule has 0 aliphatic carbocycles. The molecule has 166 valence electrons. The number of aryl methyl sites for hydroxylation is 1. The zero-order valence-electron chi connectivity index (χ0n) is 17.8. The van der Waals surface area contributed by atoms with Gasteiger partial charge in [-0.05, 0) is 44.2 Å². The average molecular weight is 448 g/mol. The van der Waals surface area contributed by atoms with E-state index in [1.807, 2.05) is 6.92 Å². The molecule has 0 bridgehead atoms. The number of carbonyl (C=O) groups is 3. The van der Waals surface area contributed by atoms with Gasteiger partial charge in [0, 0.05) is 5.69 Å². The second-order valence-electron chi connectivity index (χ2n) is 6.84. The van der Waals surface area contributed by atoms with Gasteiger partial charge in [0.25, 0.3) is 0 Å². The number of hydrogen-bond acceptors (Lipinski definition) is 7. The largest absolute Gasteiger partial charge is 0.465 e. The standard InChI is InChI=1S/C21H24N2O7S/c1-13-6-8-18(9-7-13)23(31(5,27)28)14(2)19(24)22-17-11-15(20(25)29-3)10-16(12-17)21(26)30-4/h6-12,14H,1-5H3,(H,22,24)/t14-/m0/s1. The van der Waals surface area contributed by atoms with E-state index in [4.69, 9.17) is 0 Å². The minimum Gasteiger partial charge on any atom is -0.465 e. The molecule has 0 aliphatic rings. The molecule has 1 N–H and O–H groups in total. The molecule has 0 unspecified atom stereocenters. The monoisotopic (exact) mass is 448 g/mol. The zero-order valence-corrected chi connectivity index (χ0v) is 18.6. The first-order valence-corrected chi connectivity index (χ1v) is 11.0. The summed E-state index contributed by atoms with van der Waals surface area (Å²) >= 11 is 0. The van der Waals surface area contributed by atoms with E-state index in [2.05, 4.69) is 14.8 Å². The summed E-state index contributed by atoms with van der Waals surface area (Å²) in [6, 6.07) is 9.47. The lowest BCUT2D eigenvalue weighted by atomic mass is 10.1. The van der Waals surface area contributed by atoms with Crippen molar-refractivity contribution in [2.75, 3.05) is 30.1 Å². The molecule has 10 heteroatoms. The fourth-order valence-electron chi connectivity index (χ4n) is 2.92. The summed E-state index contributed by atoms with van der Waals surface area (Å²) in [5, 5.41) is 2.55. The van der Waals surface area contributed by atoms with Crippen molar-refractivity contribution in [1.82, 2.24) is 0 Å². The Hall–Kier alpha value is -3.40. The first-order valence-electron chi connectivity index (χ1n) is 9.16. The van der Waals surface area contributed by atoms with Crippen molar-refractivity contribution in [3.8, 4) is 0 Å². The van der Waals surface area contributed by atoms with Crippen molar-refractivity contribution in [3.05, 3.63) is 59.2 Å². The van der Waals surface area contributed by atoms with Crippen LogP contribution in [-0.2, 0) is 24.3 Å². The van der Waals surface area contributed by atoms with Gasteiger partial charge in [0.2, 0.25) is 15.9 Å². The molecule has 0 spiro atoms. The maximum absolute atomic E-state index is 12.9. The van der Waals surface area contributed by atoms with Crippen LogP contribution >= 0.6 is 0 Å². The molecule has 1 atom stereocenters. The number of sulfonamides is 1. The maximum atomic E-state index is 12.9. The van der Waals surface area contributed by atoms with Crippen LogP contribution in [0.3, 0.4) is 0 Å². The summed E-state index contributed by atoms with van der Waals surface area (Å²) in [5.74, 6) is -2.10. The van der Waals surface area contributed by atoms with Gasteiger partial charge in [0.15, 0.2) is 0 Å². The Bertz CT molecular complexity index is 1060. The minimum absolute atomic E-state index is 0.0202. The number of anilines is 2. The molecule has 0 aromatic heterocycles. The summed E-state index contributed by atoms with van der Waals surface area (Å²) in [7, 11) is -1.43. The van der Waals surface area contributed by atoms with Crippen molar-refractivity contribution in [3.63, 3.8) is 0 Å². The number of benzene rings is 2. The SMILES string of the molecule is COC(=O)c1cc(NC(=O)[C@H](C)N(c2ccc(C)cc2)S(C)(=O)=O)cc(C(=O)OC)c1. The Morgan fingerprint density at radius 1 is 0.935 bits per heavy atom. The predicted molar refractivity (Wildman–Crippen MR) is 116 cm³/mol. The smallest absolute Gasteiger partial charge is 0.337 e. The minimum atomic E-state index is -3.79. The fourth-order valence-corrected chi connectivity index (χ4v) is 4.09. The number of amides is 1. The fraction of sp³-hybridized carbons (Fsp3) is 0.286. The molecule has 0 heterocycles. The third kappa shape index (κ3) is 5.82. The second-order valence-corrected chi connectivity index (χ2v) is 8.70. The molecule has 0 fully saturated rings. The molecule has 0 saturated carbocycles. The van der Waals surface area contributed by atoms with Crippen molar-refractivity contribution < 1.29 is 32.3 Å². The van der Waals surface area contributed by atoms with Crippen LogP contribution in [-0.4, -0.2) is 52.8 Å². The van der Waals surface area contributed by atoms with Crippen LogP contribution in [0, 0.1) is 6.92 Å². The van der Waals surface area contributed by atoms with Crippen LogP contribution in [0.4, 0.5) is 11.4 Å². The lowest BCUT2D eigenvalue weighted by Crippen LogP contribution is -2.45. The third-order valence-corrected chi connectivity index (χ3v) is 5.66. The first kappa shape index (κ1) is 23.9. The number of ether oxygens (including phenoxy) is 2. The van der Waals surface area contributed by atoms with Crippen molar-refractivity contribution >= 4 is 39.2 Å². The number of methoxy groups -OCH3 is 2. The van der Waals surface area contributed by atoms with Crippen molar-refractivity contribution in [2.24, 2.45) is 0 Å². The highest BCUT2D eigenvalue weighted by molar-refractivity contribution is 7.92. The van der Waals surface area contributed by atoms with E-state index < -0.39 is 33.9 Å². The van der Waals surface area contributed by atoms with Gasteiger partial charge in [0.05, 0.1) is 37.3 Å². The van der Waals surface area contributed by atoms with Crippen LogP contribution < -0.4 is 9.62 Å². The van der Waals surface area contributed by atoms with Gasteiger partial charge in [-0.2, -0.15) is 0 Å². The Balaban J connectivity index is 2.40. The van der Waals surface area contributed by atoms with Gasteiger partial charge in [-0.25, -0.2) is 18.0 Å². The Labute approximate surface area is 181 Å². The molecule has 2 aromatic rings. The van der Waals surface area contributed by atoms with Gasteiger partial charge in [-0.3, -0.25) is 9.10 Å². The number of nitrogens with one attached hydrogen (secondary N) is 1. The van der Waals surface area contributed by atoms with Crippen LogP contribution in [0.5, 0.6) is 0 Å². The lowest BCUT2D eigenvalue weighted by molar-refractivity contribution is -0.116. The molecular weight excluding hydrogens is 424 g/mol. The Morgan fingerprint density at radius 3 is 1.84 bits per heavy atom. The van der Waals surface area contributed by atoms with E-state index >= 15 is 0 Å². The van der Waals surface area contributed by atoms with Gasteiger partial charge < -0.3 is 14.8 Å². The quantitative estimate of drug-likeness (QED) is 0.646. The van der Waals surface area contributed by atoms with E-state index in [1.54, 1.807) is 24.3 Å². The van der Waals surface area contributed by atoms with Crippen LogP contribution in [0.2, 0.25) is 0 Å². The molecule has 9 nitrogen and oxygen atoms in total. The number of nitrogens with zero attached hydrogens (tertiary/aromatic N) is 1. The van der Waals surface area contributed by atoms with Gasteiger partial charge in [0.1, 0.15) is 6.04 Å². The molecule has 2 rings (SSSR count). The molecular formula is C21H24N2O7S. The van der Waals surface area contributed by atoms with E-state index in [0.29, 0.717) is 5.69 Å². The molecule has 31 heavy (non-hydrogen) atoms. The molecule has 0 aliphatic heterocycles. The zero-order chi connectivity index (χ0) is 23.3. The number of carbonyl (C=O) groups excluding carboxylic acids is 3. The highest BCUT2D eigenvalue weighted by Crippen LogP contribution is 2.23. The highest BCUT2D eigenvalue weighted by atomic mass is 32.2. The predicted octanol–water partition coefficient (Wildman–Crippen LogP) is 2.36. The Kier molecular flexibility index (Phi) is 7.40. The van der Waals surface area contributed by atoms with E-state index in [1.165, 1.54) is 39.3 Å². The van der Waals surface area contributed by atoms with Crippen molar-refractivity contribution in [1.29, 1.82) is 0 Å². The van der Waals surface area contributed by atoms with E-state index in [9.17, 15) is 22.8 Å². The highest BCUT2D eigenvalue weighted by Gasteiger charge is 2.29. The van der Waals surface area contributed by atoms with Crippen LogP contribution in [0.15, 0.2) is 42.5 Å². The second kappa shape index (κ2) is 9.61. The Morgan fingerprint density at radius 2 is 1.42 bits per heavy atom. The summed E-state index contributed by atoms with van der Waals surface area (Å²) in [5.41, 5.74) is 1.41. The molecule has 0 saturated heterocycles. The summed E-state index contributed by atoms with van der Waals surface area (Å²) in [6.45, 7) is 3.29.